The van der Waals surface area contributed by atoms with Crippen molar-refractivity contribution in [1.82, 2.24) is 9.21 Å². The molecule has 0 N–H and O–H groups in total. The van der Waals surface area contributed by atoms with Crippen molar-refractivity contribution in [2.75, 3.05) is 27.2 Å². The molecule has 2 heterocycles. The van der Waals surface area contributed by atoms with Crippen molar-refractivity contribution in [1.29, 1.82) is 0 Å². The van der Waals surface area contributed by atoms with Crippen molar-refractivity contribution in [3.63, 3.8) is 0 Å². The first-order chi connectivity index (χ1) is 10.5. The van der Waals surface area contributed by atoms with Gasteiger partial charge in [0.2, 0.25) is 10.9 Å². The molecular formula is C14H19F3N2O3S. The largest absolute Gasteiger partial charge is 0.449 e. The van der Waals surface area contributed by atoms with Crippen LogP contribution in [0.5, 0.6) is 0 Å². The smallest absolute Gasteiger partial charge is 0.439 e. The summed E-state index contributed by atoms with van der Waals surface area (Å²) in [5, 5.41) is -0.625. The fraction of sp³-hybridized carbons (Fsp3) is 0.714. The highest BCUT2D eigenvalue weighted by Crippen LogP contribution is 2.53. The monoisotopic (exact) mass is 352 g/mol. The van der Waals surface area contributed by atoms with Crippen molar-refractivity contribution in [3.05, 3.63) is 17.9 Å². The molecule has 0 amide bonds. The average molecular weight is 352 g/mol. The Morgan fingerprint density at radius 3 is 2.43 bits per heavy atom. The van der Waals surface area contributed by atoms with Crippen molar-refractivity contribution in [2.24, 2.45) is 5.92 Å². The Balaban J connectivity index is 1.75. The molecule has 1 aromatic rings. The maximum absolute atomic E-state index is 12.6. The van der Waals surface area contributed by atoms with Gasteiger partial charge in [-0.05, 0) is 51.4 Å². The van der Waals surface area contributed by atoms with Crippen LogP contribution in [0.1, 0.15) is 25.0 Å². The van der Waals surface area contributed by atoms with Crippen LogP contribution >= 0.6 is 0 Å². The number of alkyl halides is 3. The number of furan rings is 1. The third-order valence-corrected chi connectivity index (χ3v) is 6.55. The van der Waals surface area contributed by atoms with Gasteiger partial charge in [-0.15, -0.1) is 0 Å². The van der Waals surface area contributed by atoms with E-state index in [-0.39, 0.29) is 0 Å². The minimum atomic E-state index is -4.69. The lowest BCUT2D eigenvalue weighted by Gasteiger charge is -2.60. The molecular weight excluding hydrogens is 333 g/mol. The molecule has 1 saturated heterocycles. The van der Waals surface area contributed by atoms with Gasteiger partial charge in [-0.1, -0.05) is 0 Å². The lowest BCUT2D eigenvalue weighted by Crippen LogP contribution is -2.68. The highest BCUT2D eigenvalue weighted by atomic mass is 32.2. The Hall–Kier alpha value is -1.06. The molecule has 9 heteroatoms. The van der Waals surface area contributed by atoms with Gasteiger partial charge in [0, 0.05) is 18.6 Å². The quantitative estimate of drug-likeness (QED) is 0.835. The Morgan fingerprint density at radius 2 is 2.00 bits per heavy atom. The number of rotatable bonds is 4. The normalized spacial score (nSPS) is 28.9. The van der Waals surface area contributed by atoms with Crippen molar-refractivity contribution >= 4 is 10.0 Å². The van der Waals surface area contributed by atoms with E-state index in [1.165, 1.54) is 4.31 Å². The minimum Gasteiger partial charge on any atom is -0.439 e. The molecule has 1 aromatic heterocycles. The lowest BCUT2D eigenvalue weighted by molar-refractivity contribution is -0.154. The van der Waals surface area contributed by atoms with Gasteiger partial charge in [0.05, 0.1) is 0 Å². The maximum atomic E-state index is 12.6. The molecule has 0 bridgehead atoms. The lowest BCUT2D eigenvalue weighted by atomic mass is 9.63. The van der Waals surface area contributed by atoms with Crippen LogP contribution in [-0.4, -0.2) is 50.3 Å². The van der Waals surface area contributed by atoms with Crippen LogP contribution in [0.3, 0.4) is 0 Å². The summed E-state index contributed by atoms with van der Waals surface area (Å²) in [6.45, 7) is 1.22. The maximum Gasteiger partial charge on any atom is 0.449 e. The van der Waals surface area contributed by atoms with Crippen LogP contribution < -0.4 is 0 Å². The molecule has 0 atom stereocenters. The third kappa shape index (κ3) is 2.78. The Bertz CT molecular complexity index is 690. The topological polar surface area (TPSA) is 53.8 Å². The predicted molar refractivity (Wildman–Crippen MR) is 76.2 cm³/mol. The summed E-state index contributed by atoms with van der Waals surface area (Å²) in [4.78, 5) is 2.05. The molecule has 23 heavy (non-hydrogen) atoms. The van der Waals surface area contributed by atoms with E-state index in [1.54, 1.807) is 0 Å². The molecule has 1 aliphatic heterocycles. The van der Waals surface area contributed by atoms with Crippen LogP contribution in [0.25, 0.3) is 0 Å². The van der Waals surface area contributed by atoms with Gasteiger partial charge in [-0.25, -0.2) is 8.42 Å². The first kappa shape index (κ1) is 16.8. The van der Waals surface area contributed by atoms with E-state index < -0.39 is 32.6 Å². The summed E-state index contributed by atoms with van der Waals surface area (Å²) >= 11 is 0. The predicted octanol–water partition coefficient (Wildman–Crippen LogP) is 2.40. The van der Waals surface area contributed by atoms with Gasteiger partial charge in [0.15, 0.2) is 0 Å². The number of hydrogen-bond donors (Lipinski definition) is 0. The van der Waals surface area contributed by atoms with E-state index in [4.69, 9.17) is 0 Å². The molecule has 2 fully saturated rings. The summed E-state index contributed by atoms with van der Waals surface area (Å²) in [5.74, 6) is -0.866. The zero-order valence-electron chi connectivity index (χ0n) is 12.9. The standard InChI is InChI=1S/C14H19F3N2O3S/c1-18(2)9-10-7-13(8-10)5-6-19(13)23(20,21)12-4-3-11(22-12)14(15,16)17/h3-4,10H,5-9H2,1-2H3. The van der Waals surface area contributed by atoms with E-state index in [0.29, 0.717) is 18.5 Å². The highest BCUT2D eigenvalue weighted by Gasteiger charge is 2.59. The van der Waals surface area contributed by atoms with Gasteiger partial charge in [0.1, 0.15) is 0 Å². The van der Waals surface area contributed by atoms with Crippen LogP contribution in [0.15, 0.2) is 21.6 Å². The fourth-order valence-electron chi connectivity index (χ4n) is 3.68. The molecule has 3 rings (SSSR count). The van der Waals surface area contributed by atoms with E-state index in [0.717, 1.165) is 31.9 Å². The second-order valence-electron chi connectivity index (χ2n) is 6.70. The highest BCUT2D eigenvalue weighted by molar-refractivity contribution is 7.89. The summed E-state index contributed by atoms with van der Waals surface area (Å²) < 4.78 is 68.7. The zero-order valence-corrected chi connectivity index (χ0v) is 13.7. The second-order valence-corrected chi connectivity index (χ2v) is 8.50. The number of sulfonamides is 1. The summed E-state index contributed by atoms with van der Waals surface area (Å²) in [5.41, 5.74) is -0.426. The van der Waals surface area contributed by atoms with E-state index >= 15 is 0 Å². The molecule has 0 unspecified atom stereocenters. The van der Waals surface area contributed by atoms with Crippen molar-refractivity contribution < 1.29 is 26.0 Å². The third-order valence-electron chi connectivity index (χ3n) is 4.68. The molecule has 2 aliphatic rings. The van der Waals surface area contributed by atoms with Gasteiger partial charge < -0.3 is 9.32 Å². The van der Waals surface area contributed by atoms with Gasteiger partial charge >= 0.3 is 6.18 Å². The SMILES string of the molecule is CN(C)CC1CC2(CCN2S(=O)(=O)c2ccc(C(F)(F)F)o2)C1. The van der Waals surface area contributed by atoms with Gasteiger partial charge in [0.25, 0.3) is 10.0 Å². The summed E-state index contributed by atoms with van der Waals surface area (Å²) in [7, 11) is -0.0888. The fourth-order valence-corrected chi connectivity index (χ4v) is 5.42. The summed E-state index contributed by atoms with van der Waals surface area (Å²) in [6.07, 6.45) is -2.44. The molecule has 1 spiro atoms. The Kier molecular flexibility index (Phi) is 3.81. The van der Waals surface area contributed by atoms with Gasteiger partial charge in [-0.2, -0.15) is 17.5 Å². The molecule has 0 aromatic carbocycles. The average Bonchev–Trinajstić information content (AvgIpc) is 2.80. The first-order valence-corrected chi connectivity index (χ1v) is 8.83. The van der Waals surface area contributed by atoms with Crippen LogP contribution in [0.4, 0.5) is 13.2 Å². The van der Waals surface area contributed by atoms with E-state index in [2.05, 4.69) is 9.32 Å². The summed E-state index contributed by atoms with van der Waals surface area (Å²) in [6, 6.07) is 1.55. The van der Waals surface area contributed by atoms with Crippen LogP contribution in [-0.2, 0) is 16.2 Å². The molecule has 5 nitrogen and oxygen atoms in total. The van der Waals surface area contributed by atoms with E-state index in [1.807, 2.05) is 14.1 Å². The Labute approximate surface area is 133 Å². The molecule has 0 radical (unpaired) electrons. The van der Waals surface area contributed by atoms with E-state index in [9.17, 15) is 21.6 Å². The number of halogens is 3. The van der Waals surface area contributed by atoms with Crippen LogP contribution in [0, 0.1) is 5.92 Å². The molecule has 130 valence electrons. The van der Waals surface area contributed by atoms with Crippen molar-refractivity contribution in [2.45, 2.75) is 36.1 Å². The van der Waals surface area contributed by atoms with Crippen LogP contribution in [0.2, 0.25) is 0 Å². The zero-order chi connectivity index (χ0) is 17.0. The molecule has 1 aliphatic carbocycles. The first-order valence-electron chi connectivity index (χ1n) is 7.39. The minimum absolute atomic E-state index is 0.332. The molecule has 1 saturated carbocycles. The van der Waals surface area contributed by atoms with Crippen molar-refractivity contribution in [3.8, 4) is 0 Å². The van der Waals surface area contributed by atoms with Gasteiger partial charge in [-0.3, -0.25) is 0 Å². The number of hydrogen-bond acceptors (Lipinski definition) is 4. The second kappa shape index (κ2) is 5.22. The number of nitrogens with zero attached hydrogens (tertiary/aromatic N) is 2. The Morgan fingerprint density at radius 1 is 1.35 bits per heavy atom.